The molecule has 0 amide bonds. The van der Waals surface area contributed by atoms with E-state index in [9.17, 15) is 0 Å². The van der Waals surface area contributed by atoms with Crippen LogP contribution < -0.4 is 5.32 Å². The highest BCUT2D eigenvalue weighted by Crippen LogP contribution is 2.25. The summed E-state index contributed by atoms with van der Waals surface area (Å²) in [5.41, 5.74) is 4.92. The average Bonchev–Trinajstić information content (AvgIpc) is 2.84. The van der Waals surface area contributed by atoms with Crippen molar-refractivity contribution in [3.8, 4) is 0 Å². The first kappa shape index (κ1) is 12.9. The van der Waals surface area contributed by atoms with Gasteiger partial charge in [-0.1, -0.05) is 19.1 Å². The highest BCUT2D eigenvalue weighted by Gasteiger charge is 2.18. The van der Waals surface area contributed by atoms with E-state index >= 15 is 0 Å². The topological polar surface area (TPSA) is 33.1 Å². The van der Waals surface area contributed by atoms with Crippen molar-refractivity contribution < 1.29 is 0 Å². The number of benzene rings is 1. The van der Waals surface area contributed by atoms with Gasteiger partial charge in [0.15, 0.2) is 0 Å². The Morgan fingerprint density at radius 1 is 1.29 bits per heavy atom. The predicted octanol–water partition coefficient (Wildman–Crippen LogP) is 2.45. The van der Waals surface area contributed by atoms with Gasteiger partial charge in [0, 0.05) is 25.3 Å². The van der Waals surface area contributed by atoms with E-state index in [1.165, 1.54) is 22.6 Å². The molecule has 0 bridgehead atoms. The van der Waals surface area contributed by atoms with Crippen LogP contribution in [0.4, 0.5) is 0 Å². The van der Waals surface area contributed by atoms with E-state index < -0.39 is 0 Å². The van der Waals surface area contributed by atoms with Gasteiger partial charge in [-0.15, -0.1) is 0 Å². The van der Waals surface area contributed by atoms with Gasteiger partial charge in [-0.25, -0.2) is 4.98 Å². The summed E-state index contributed by atoms with van der Waals surface area (Å²) in [6.07, 6.45) is 3.48. The molecule has 4 rings (SSSR count). The number of aromatic nitrogens is 2. The van der Waals surface area contributed by atoms with Gasteiger partial charge in [0.05, 0.1) is 17.6 Å². The lowest BCUT2D eigenvalue weighted by molar-refractivity contribution is 0.267. The fraction of sp³-hybridized carbons (Fsp3) is 0.471. The van der Waals surface area contributed by atoms with E-state index in [2.05, 4.69) is 53.0 Å². The standard InChI is InChI=1S/C17H22N4/c1-12-3-5-14(18-10-12)13-4-6-16-15(9-13)19-17-11-20(2)7-8-21(16)17/h4-6,9,12,18H,3,7-8,10-11H2,1-2H3/t12-/m0/s1. The molecule has 0 radical (unpaired) electrons. The van der Waals surface area contributed by atoms with E-state index in [-0.39, 0.29) is 0 Å². The summed E-state index contributed by atoms with van der Waals surface area (Å²) in [6.45, 7) is 6.44. The zero-order chi connectivity index (χ0) is 14.4. The number of likely N-dealkylation sites (N-methyl/N-ethyl adjacent to an activating group) is 1. The molecule has 2 aromatic rings. The summed E-state index contributed by atoms with van der Waals surface area (Å²) in [7, 11) is 2.16. The van der Waals surface area contributed by atoms with Gasteiger partial charge < -0.3 is 9.88 Å². The Kier molecular flexibility index (Phi) is 3.00. The second-order valence-corrected chi connectivity index (χ2v) is 6.46. The highest BCUT2D eigenvalue weighted by molar-refractivity contribution is 5.81. The fourth-order valence-electron chi connectivity index (χ4n) is 3.29. The number of fused-ring (bicyclic) bond motifs is 3. The molecule has 4 heteroatoms. The SMILES string of the molecule is C[C@H]1CC=C(c2ccc3c(c2)nc2n3CCN(C)C2)NC1. The maximum atomic E-state index is 4.84. The monoisotopic (exact) mass is 282 g/mol. The summed E-state index contributed by atoms with van der Waals surface area (Å²) in [4.78, 5) is 7.17. The maximum absolute atomic E-state index is 4.84. The molecule has 1 N–H and O–H groups in total. The summed E-state index contributed by atoms with van der Waals surface area (Å²) >= 11 is 0. The van der Waals surface area contributed by atoms with E-state index in [1.54, 1.807) is 0 Å². The van der Waals surface area contributed by atoms with Crippen LogP contribution in [-0.4, -0.2) is 34.6 Å². The van der Waals surface area contributed by atoms with Crippen molar-refractivity contribution in [1.29, 1.82) is 0 Å². The molecule has 0 saturated heterocycles. The molecule has 0 saturated carbocycles. The fourth-order valence-corrected chi connectivity index (χ4v) is 3.29. The van der Waals surface area contributed by atoms with E-state index in [0.717, 1.165) is 44.0 Å². The Bertz CT molecular complexity index is 713. The van der Waals surface area contributed by atoms with Crippen molar-refractivity contribution in [3.05, 3.63) is 35.7 Å². The van der Waals surface area contributed by atoms with Gasteiger partial charge in [0.25, 0.3) is 0 Å². The summed E-state index contributed by atoms with van der Waals surface area (Å²) < 4.78 is 2.36. The number of hydrogen-bond donors (Lipinski definition) is 1. The largest absolute Gasteiger partial charge is 0.385 e. The normalized spacial score (nSPS) is 22.8. The Balaban J connectivity index is 1.74. The van der Waals surface area contributed by atoms with Gasteiger partial charge in [-0.05, 0) is 37.1 Å². The van der Waals surface area contributed by atoms with E-state index in [1.807, 2.05) is 0 Å². The van der Waals surface area contributed by atoms with Crippen molar-refractivity contribution in [2.75, 3.05) is 20.1 Å². The smallest absolute Gasteiger partial charge is 0.124 e. The summed E-state index contributed by atoms with van der Waals surface area (Å²) in [5.74, 6) is 1.92. The van der Waals surface area contributed by atoms with Crippen LogP contribution in [0.3, 0.4) is 0 Å². The Hall–Kier alpha value is -1.81. The number of imidazole rings is 1. The molecule has 2 aliphatic rings. The third-order valence-electron chi connectivity index (χ3n) is 4.62. The van der Waals surface area contributed by atoms with E-state index in [0.29, 0.717) is 0 Å². The first-order chi connectivity index (χ1) is 10.2. The molecule has 3 heterocycles. The molecular weight excluding hydrogens is 260 g/mol. The van der Waals surface area contributed by atoms with Crippen LogP contribution in [0.25, 0.3) is 16.7 Å². The lowest BCUT2D eigenvalue weighted by Gasteiger charge is -2.23. The molecule has 0 aliphatic carbocycles. The molecule has 1 atom stereocenters. The number of hydrogen-bond acceptors (Lipinski definition) is 3. The van der Waals surface area contributed by atoms with Crippen molar-refractivity contribution in [2.24, 2.45) is 5.92 Å². The first-order valence-corrected chi connectivity index (χ1v) is 7.83. The second kappa shape index (κ2) is 4.88. The third kappa shape index (κ3) is 2.23. The van der Waals surface area contributed by atoms with Crippen LogP contribution >= 0.6 is 0 Å². The first-order valence-electron chi connectivity index (χ1n) is 7.83. The van der Waals surface area contributed by atoms with Crippen molar-refractivity contribution in [1.82, 2.24) is 19.8 Å². The molecule has 4 nitrogen and oxygen atoms in total. The molecule has 110 valence electrons. The van der Waals surface area contributed by atoms with Gasteiger partial charge in [0.1, 0.15) is 5.82 Å². The molecule has 1 aromatic heterocycles. The van der Waals surface area contributed by atoms with Crippen LogP contribution in [0.1, 0.15) is 24.7 Å². The molecule has 0 spiro atoms. The van der Waals surface area contributed by atoms with Crippen LogP contribution in [0.15, 0.2) is 24.3 Å². The lowest BCUT2D eigenvalue weighted by Crippen LogP contribution is -2.30. The molecule has 2 aliphatic heterocycles. The second-order valence-electron chi connectivity index (χ2n) is 6.46. The molecular formula is C17H22N4. The van der Waals surface area contributed by atoms with Gasteiger partial charge >= 0.3 is 0 Å². The quantitative estimate of drug-likeness (QED) is 0.872. The number of nitrogens with one attached hydrogen (secondary N) is 1. The van der Waals surface area contributed by atoms with Gasteiger partial charge in [-0.2, -0.15) is 0 Å². The predicted molar refractivity (Wildman–Crippen MR) is 85.8 cm³/mol. The lowest BCUT2D eigenvalue weighted by atomic mass is 10.00. The minimum absolute atomic E-state index is 0.730. The van der Waals surface area contributed by atoms with Crippen LogP contribution in [0, 0.1) is 5.92 Å². The summed E-state index contributed by atoms with van der Waals surface area (Å²) in [6, 6.07) is 6.69. The molecule has 0 unspecified atom stereocenters. The van der Waals surface area contributed by atoms with Gasteiger partial charge in [-0.3, -0.25) is 4.90 Å². The molecule has 0 fully saturated rings. The highest BCUT2D eigenvalue weighted by atomic mass is 15.2. The minimum Gasteiger partial charge on any atom is -0.385 e. The van der Waals surface area contributed by atoms with Gasteiger partial charge in [0.2, 0.25) is 0 Å². The third-order valence-corrected chi connectivity index (χ3v) is 4.62. The van der Waals surface area contributed by atoms with Crippen molar-refractivity contribution >= 4 is 16.7 Å². The Morgan fingerprint density at radius 3 is 3.00 bits per heavy atom. The van der Waals surface area contributed by atoms with Crippen LogP contribution in [-0.2, 0) is 13.1 Å². The number of allylic oxidation sites excluding steroid dienone is 1. The van der Waals surface area contributed by atoms with E-state index in [4.69, 9.17) is 4.98 Å². The Labute approximate surface area is 125 Å². The zero-order valence-electron chi connectivity index (χ0n) is 12.8. The summed E-state index contributed by atoms with van der Waals surface area (Å²) in [5, 5.41) is 3.54. The van der Waals surface area contributed by atoms with Crippen molar-refractivity contribution in [3.63, 3.8) is 0 Å². The zero-order valence-corrected chi connectivity index (χ0v) is 12.8. The minimum atomic E-state index is 0.730. The average molecular weight is 282 g/mol. The van der Waals surface area contributed by atoms with Crippen molar-refractivity contribution in [2.45, 2.75) is 26.4 Å². The number of rotatable bonds is 1. The Morgan fingerprint density at radius 2 is 2.19 bits per heavy atom. The molecule has 21 heavy (non-hydrogen) atoms. The maximum Gasteiger partial charge on any atom is 0.124 e. The van der Waals surface area contributed by atoms with Crippen LogP contribution in [0.5, 0.6) is 0 Å². The van der Waals surface area contributed by atoms with Crippen LogP contribution in [0.2, 0.25) is 0 Å². The number of nitrogens with zero attached hydrogens (tertiary/aromatic N) is 3. The molecule has 1 aromatic carbocycles.